The molecule has 4 rings (SSSR count). The van der Waals surface area contributed by atoms with Gasteiger partial charge in [0, 0.05) is 50.3 Å². The summed E-state index contributed by atoms with van der Waals surface area (Å²) < 4.78 is 33.0. The first-order valence-electron chi connectivity index (χ1n) is 11.6. The lowest BCUT2D eigenvalue weighted by molar-refractivity contribution is -0.198. The van der Waals surface area contributed by atoms with Gasteiger partial charge >= 0.3 is 0 Å². The van der Waals surface area contributed by atoms with Crippen LogP contribution in [0.3, 0.4) is 0 Å². The molecule has 2 aliphatic rings. The van der Waals surface area contributed by atoms with E-state index in [-0.39, 0.29) is 11.6 Å². The van der Waals surface area contributed by atoms with E-state index in [2.05, 4.69) is 25.7 Å². The summed E-state index contributed by atoms with van der Waals surface area (Å²) in [5.41, 5.74) is 3.03. The number of hydroxylamine groups is 1. The molecule has 0 saturated carbocycles. The highest BCUT2D eigenvalue weighted by atomic mass is 19.1. The van der Waals surface area contributed by atoms with Gasteiger partial charge in [0.2, 0.25) is 0 Å². The number of rotatable bonds is 9. The Morgan fingerprint density at radius 1 is 1.21 bits per heavy atom. The molecule has 1 aromatic heterocycles. The third-order valence-electron chi connectivity index (χ3n) is 5.87. The molecular weight excluding hydrogens is 444 g/mol. The van der Waals surface area contributed by atoms with Crippen molar-refractivity contribution in [2.45, 2.75) is 44.4 Å². The summed E-state index contributed by atoms with van der Waals surface area (Å²) in [6.07, 6.45) is 9.67. The molecule has 3 heterocycles. The number of carbonyl (C=O) groups excluding carboxylic acids is 1. The van der Waals surface area contributed by atoms with E-state index in [1.165, 1.54) is 24.3 Å². The van der Waals surface area contributed by atoms with Gasteiger partial charge in [-0.3, -0.25) is 9.78 Å². The molecule has 0 aliphatic carbocycles. The zero-order chi connectivity index (χ0) is 23.8. The Hall–Kier alpha value is -2.95. The highest BCUT2D eigenvalue weighted by Gasteiger charge is 2.23. The SMILES string of the molecule is O=C(C=Cc1cnc(N[C@@H]2CCN(CCc3c(F)cccc3F)C2)cn1)NOC1CCCCO1. The van der Waals surface area contributed by atoms with Crippen LogP contribution in [0, 0.1) is 11.6 Å². The Morgan fingerprint density at radius 3 is 2.79 bits per heavy atom. The molecule has 2 aliphatic heterocycles. The fourth-order valence-electron chi connectivity index (χ4n) is 4.03. The quantitative estimate of drug-likeness (QED) is 0.427. The highest BCUT2D eigenvalue weighted by molar-refractivity contribution is 5.90. The van der Waals surface area contributed by atoms with Gasteiger partial charge in [0.05, 0.1) is 18.1 Å². The minimum absolute atomic E-state index is 0.135. The molecule has 1 aromatic carbocycles. The number of carbonyl (C=O) groups is 1. The van der Waals surface area contributed by atoms with Gasteiger partial charge in [-0.05, 0) is 43.9 Å². The number of nitrogens with one attached hydrogen (secondary N) is 2. The summed E-state index contributed by atoms with van der Waals surface area (Å²) in [7, 11) is 0. The molecule has 2 saturated heterocycles. The van der Waals surface area contributed by atoms with Gasteiger partial charge in [0.1, 0.15) is 17.5 Å². The molecule has 0 bridgehead atoms. The van der Waals surface area contributed by atoms with Crippen molar-refractivity contribution in [3.63, 3.8) is 0 Å². The van der Waals surface area contributed by atoms with E-state index in [0.29, 0.717) is 31.1 Å². The molecule has 10 heteroatoms. The van der Waals surface area contributed by atoms with Crippen LogP contribution in [0.1, 0.15) is 36.9 Å². The van der Waals surface area contributed by atoms with Crippen LogP contribution in [0.4, 0.5) is 14.6 Å². The van der Waals surface area contributed by atoms with Crippen molar-refractivity contribution in [3.8, 4) is 0 Å². The first kappa shape index (κ1) is 24.2. The molecule has 1 amide bonds. The normalized spacial score (nSPS) is 21.1. The maximum absolute atomic E-state index is 13.8. The van der Waals surface area contributed by atoms with Crippen LogP contribution in [0.2, 0.25) is 0 Å². The van der Waals surface area contributed by atoms with Gasteiger partial charge in [-0.2, -0.15) is 0 Å². The van der Waals surface area contributed by atoms with Crippen LogP contribution in [0.15, 0.2) is 36.7 Å². The first-order chi connectivity index (χ1) is 16.6. The smallest absolute Gasteiger partial charge is 0.267 e. The summed E-state index contributed by atoms with van der Waals surface area (Å²) in [4.78, 5) is 27.9. The third-order valence-corrected chi connectivity index (χ3v) is 5.87. The zero-order valence-electron chi connectivity index (χ0n) is 18.9. The molecule has 1 unspecified atom stereocenters. The van der Waals surface area contributed by atoms with Gasteiger partial charge in [0.15, 0.2) is 6.29 Å². The fourth-order valence-corrected chi connectivity index (χ4v) is 4.03. The number of likely N-dealkylation sites (tertiary alicyclic amines) is 1. The number of benzene rings is 1. The lowest BCUT2D eigenvalue weighted by Gasteiger charge is -2.21. The number of hydrogen-bond donors (Lipinski definition) is 2. The van der Waals surface area contributed by atoms with E-state index in [4.69, 9.17) is 9.57 Å². The van der Waals surface area contributed by atoms with Crippen molar-refractivity contribution >= 4 is 17.8 Å². The number of amides is 1. The maximum atomic E-state index is 13.8. The summed E-state index contributed by atoms with van der Waals surface area (Å²) >= 11 is 0. The Balaban J connectivity index is 1.18. The van der Waals surface area contributed by atoms with Crippen molar-refractivity contribution in [2.75, 3.05) is 31.6 Å². The van der Waals surface area contributed by atoms with E-state index in [1.54, 1.807) is 18.5 Å². The number of hydrogen-bond acceptors (Lipinski definition) is 7. The van der Waals surface area contributed by atoms with Gasteiger partial charge in [0.25, 0.3) is 5.91 Å². The van der Waals surface area contributed by atoms with Crippen LogP contribution in [-0.4, -0.2) is 59.3 Å². The predicted octanol–water partition coefficient (Wildman–Crippen LogP) is 3.07. The Morgan fingerprint density at radius 2 is 2.06 bits per heavy atom. The Kier molecular flexibility index (Phi) is 8.51. The molecular formula is C24H29F2N5O3. The molecule has 2 atom stereocenters. The number of aromatic nitrogens is 2. The monoisotopic (exact) mass is 473 g/mol. The minimum atomic E-state index is -0.499. The predicted molar refractivity (Wildman–Crippen MR) is 122 cm³/mol. The van der Waals surface area contributed by atoms with Crippen LogP contribution in [0.5, 0.6) is 0 Å². The zero-order valence-corrected chi connectivity index (χ0v) is 18.9. The molecule has 34 heavy (non-hydrogen) atoms. The molecule has 0 radical (unpaired) electrons. The molecule has 2 fully saturated rings. The van der Waals surface area contributed by atoms with Crippen molar-refractivity contribution in [1.29, 1.82) is 0 Å². The standard InChI is InChI=1S/C24H29F2N5O3/c25-20-4-3-5-21(26)19(20)10-12-31-11-9-18(16-31)29-22-15-27-17(14-28-22)7-8-23(32)30-34-24-6-1-2-13-33-24/h3-5,7-8,14-15,18,24H,1-2,6,9-13,16H2,(H,28,29)(H,30,32)/t18-,24?/m1/s1. The number of halogens is 2. The van der Waals surface area contributed by atoms with Crippen LogP contribution >= 0.6 is 0 Å². The number of nitrogens with zero attached hydrogens (tertiary/aromatic N) is 3. The summed E-state index contributed by atoms with van der Waals surface area (Å²) in [6, 6.07) is 4.13. The summed E-state index contributed by atoms with van der Waals surface area (Å²) in [5.74, 6) is -0.770. The molecule has 8 nitrogen and oxygen atoms in total. The first-order valence-corrected chi connectivity index (χ1v) is 11.6. The topological polar surface area (TPSA) is 88.6 Å². The molecule has 2 N–H and O–H groups in total. The van der Waals surface area contributed by atoms with E-state index < -0.39 is 23.8 Å². The van der Waals surface area contributed by atoms with Crippen molar-refractivity contribution in [3.05, 3.63) is 59.6 Å². The van der Waals surface area contributed by atoms with E-state index >= 15 is 0 Å². The van der Waals surface area contributed by atoms with Crippen LogP contribution < -0.4 is 10.8 Å². The van der Waals surface area contributed by atoms with E-state index in [0.717, 1.165) is 38.8 Å². The minimum Gasteiger partial charge on any atom is -0.365 e. The third kappa shape index (κ3) is 7.02. The average Bonchev–Trinajstić information content (AvgIpc) is 3.30. The van der Waals surface area contributed by atoms with Crippen LogP contribution in [-0.2, 0) is 20.8 Å². The maximum Gasteiger partial charge on any atom is 0.267 e. The Labute approximate surface area is 197 Å². The van der Waals surface area contributed by atoms with Crippen molar-refractivity contribution < 1.29 is 23.1 Å². The lowest BCUT2D eigenvalue weighted by atomic mass is 10.1. The second-order valence-corrected chi connectivity index (χ2v) is 8.42. The largest absolute Gasteiger partial charge is 0.365 e. The lowest BCUT2D eigenvalue weighted by Crippen LogP contribution is -2.32. The van der Waals surface area contributed by atoms with E-state index in [9.17, 15) is 13.6 Å². The number of anilines is 1. The molecule has 0 spiro atoms. The number of ether oxygens (including phenoxy) is 1. The van der Waals surface area contributed by atoms with Gasteiger partial charge in [-0.1, -0.05) is 6.07 Å². The second-order valence-electron chi connectivity index (χ2n) is 8.42. The second kappa shape index (κ2) is 12.0. The Bertz CT molecular complexity index is 963. The van der Waals surface area contributed by atoms with Crippen molar-refractivity contribution in [2.24, 2.45) is 0 Å². The van der Waals surface area contributed by atoms with Crippen LogP contribution in [0.25, 0.3) is 6.08 Å². The van der Waals surface area contributed by atoms with Gasteiger partial charge in [-0.25, -0.2) is 24.1 Å². The van der Waals surface area contributed by atoms with Gasteiger partial charge in [-0.15, -0.1) is 0 Å². The fraction of sp³-hybridized carbons (Fsp3) is 0.458. The summed E-state index contributed by atoms with van der Waals surface area (Å²) in [6.45, 7) is 2.82. The average molecular weight is 474 g/mol. The van der Waals surface area contributed by atoms with Crippen molar-refractivity contribution in [1.82, 2.24) is 20.3 Å². The highest BCUT2D eigenvalue weighted by Crippen LogP contribution is 2.17. The molecule has 2 aromatic rings. The molecule has 182 valence electrons. The van der Waals surface area contributed by atoms with Gasteiger partial charge < -0.3 is 15.0 Å². The summed E-state index contributed by atoms with van der Waals surface area (Å²) in [5, 5.41) is 3.34. The van der Waals surface area contributed by atoms with E-state index in [1.807, 2.05) is 0 Å².